The lowest BCUT2D eigenvalue weighted by Gasteiger charge is -2.17. The Morgan fingerprint density at radius 1 is 1.04 bits per heavy atom. The van der Waals surface area contributed by atoms with Crippen LogP contribution in [0.2, 0.25) is 0 Å². The number of amides is 4. The Balaban J connectivity index is 2.51. The number of barbiturate groups is 1. The lowest BCUT2D eigenvalue weighted by Crippen LogP contribution is -2.51. The SMILES string of the molecule is C=CCc1cc(C=C2C(=O)NC(=O)NC2=O)cc(OCC)c1OCC. The Morgan fingerprint density at radius 2 is 1.68 bits per heavy atom. The molecule has 1 aromatic rings. The van der Waals surface area contributed by atoms with Crippen molar-refractivity contribution in [2.75, 3.05) is 13.2 Å². The maximum atomic E-state index is 11.9. The quantitative estimate of drug-likeness (QED) is 0.448. The zero-order valence-corrected chi connectivity index (χ0v) is 14.2. The third-order valence-corrected chi connectivity index (χ3v) is 3.36. The molecule has 1 heterocycles. The van der Waals surface area contributed by atoms with Gasteiger partial charge in [0.1, 0.15) is 5.57 Å². The normalized spacial score (nSPS) is 13.8. The molecule has 0 atom stereocenters. The van der Waals surface area contributed by atoms with E-state index in [0.717, 1.165) is 5.56 Å². The first-order valence-corrected chi connectivity index (χ1v) is 7.91. The molecule has 25 heavy (non-hydrogen) atoms. The summed E-state index contributed by atoms with van der Waals surface area (Å²) in [5.41, 5.74) is 1.25. The molecule has 1 aromatic carbocycles. The van der Waals surface area contributed by atoms with Gasteiger partial charge in [0, 0.05) is 5.56 Å². The number of hydrogen-bond acceptors (Lipinski definition) is 5. The molecule has 1 saturated heterocycles. The van der Waals surface area contributed by atoms with E-state index in [1.54, 1.807) is 18.2 Å². The first-order valence-electron chi connectivity index (χ1n) is 7.91. The average Bonchev–Trinajstić information content (AvgIpc) is 2.54. The van der Waals surface area contributed by atoms with E-state index in [4.69, 9.17) is 9.47 Å². The number of imide groups is 2. The van der Waals surface area contributed by atoms with Crippen molar-refractivity contribution < 1.29 is 23.9 Å². The smallest absolute Gasteiger partial charge is 0.328 e. The fourth-order valence-electron chi connectivity index (χ4n) is 2.42. The summed E-state index contributed by atoms with van der Waals surface area (Å²) in [5.74, 6) is -0.362. The number of carbonyl (C=O) groups is 3. The summed E-state index contributed by atoms with van der Waals surface area (Å²) in [5, 5.41) is 4.08. The highest BCUT2D eigenvalue weighted by molar-refractivity contribution is 6.31. The highest BCUT2D eigenvalue weighted by Crippen LogP contribution is 2.34. The van der Waals surface area contributed by atoms with Crippen molar-refractivity contribution in [2.45, 2.75) is 20.3 Å². The third-order valence-electron chi connectivity index (χ3n) is 3.36. The van der Waals surface area contributed by atoms with Gasteiger partial charge in [0.15, 0.2) is 11.5 Å². The van der Waals surface area contributed by atoms with Crippen molar-refractivity contribution in [2.24, 2.45) is 0 Å². The van der Waals surface area contributed by atoms with Gasteiger partial charge in [-0.15, -0.1) is 6.58 Å². The maximum absolute atomic E-state index is 11.9. The molecule has 4 amide bonds. The van der Waals surface area contributed by atoms with E-state index in [0.29, 0.717) is 36.7 Å². The van der Waals surface area contributed by atoms with Crippen LogP contribution in [0.25, 0.3) is 6.08 Å². The number of nitrogens with one attached hydrogen (secondary N) is 2. The van der Waals surface area contributed by atoms with Crippen molar-refractivity contribution >= 4 is 23.9 Å². The zero-order valence-electron chi connectivity index (χ0n) is 14.2. The van der Waals surface area contributed by atoms with Gasteiger partial charge in [-0.1, -0.05) is 6.08 Å². The van der Waals surface area contributed by atoms with E-state index in [1.807, 2.05) is 24.5 Å². The van der Waals surface area contributed by atoms with Crippen LogP contribution in [0, 0.1) is 0 Å². The van der Waals surface area contributed by atoms with E-state index in [-0.39, 0.29) is 5.57 Å². The summed E-state index contributed by atoms with van der Waals surface area (Å²) >= 11 is 0. The van der Waals surface area contributed by atoms with Crippen molar-refractivity contribution in [3.63, 3.8) is 0 Å². The molecule has 1 aliphatic heterocycles. The molecule has 0 aromatic heterocycles. The van der Waals surface area contributed by atoms with Crippen LogP contribution in [0.4, 0.5) is 4.79 Å². The van der Waals surface area contributed by atoms with Crippen molar-refractivity contribution in [3.8, 4) is 11.5 Å². The Hall–Kier alpha value is -3.09. The first-order chi connectivity index (χ1) is 12.0. The minimum absolute atomic E-state index is 0.157. The van der Waals surface area contributed by atoms with Crippen LogP contribution in [-0.4, -0.2) is 31.1 Å². The third kappa shape index (κ3) is 4.26. The van der Waals surface area contributed by atoms with Crippen LogP contribution < -0.4 is 20.1 Å². The van der Waals surface area contributed by atoms with Gasteiger partial charge in [-0.05, 0) is 44.0 Å². The van der Waals surface area contributed by atoms with Crippen LogP contribution in [-0.2, 0) is 16.0 Å². The fraction of sp³-hybridized carbons (Fsp3) is 0.278. The van der Waals surface area contributed by atoms with Gasteiger partial charge in [-0.25, -0.2) is 4.79 Å². The summed E-state index contributed by atoms with van der Waals surface area (Å²) in [6.45, 7) is 8.36. The van der Waals surface area contributed by atoms with Crippen molar-refractivity contribution in [3.05, 3.63) is 41.5 Å². The average molecular weight is 344 g/mol. The monoisotopic (exact) mass is 344 g/mol. The van der Waals surface area contributed by atoms with Gasteiger partial charge in [0.2, 0.25) is 0 Å². The molecular formula is C18H20N2O5. The summed E-state index contributed by atoms with van der Waals surface area (Å²) < 4.78 is 11.3. The molecule has 7 heteroatoms. The van der Waals surface area contributed by atoms with Gasteiger partial charge in [-0.2, -0.15) is 0 Å². The number of benzene rings is 1. The number of ether oxygens (including phenoxy) is 2. The van der Waals surface area contributed by atoms with Crippen LogP contribution in [0.3, 0.4) is 0 Å². The highest BCUT2D eigenvalue weighted by Gasteiger charge is 2.27. The van der Waals surface area contributed by atoms with E-state index >= 15 is 0 Å². The van der Waals surface area contributed by atoms with Gasteiger partial charge >= 0.3 is 6.03 Å². The van der Waals surface area contributed by atoms with Gasteiger partial charge in [-0.3, -0.25) is 20.2 Å². The molecule has 0 unspecified atom stereocenters. The number of hydrogen-bond donors (Lipinski definition) is 2. The maximum Gasteiger partial charge on any atom is 0.328 e. The topological polar surface area (TPSA) is 93.7 Å². The van der Waals surface area contributed by atoms with E-state index in [9.17, 15) is 14.4 Å². The molecule has 0 spiro atoms. The molecule has 0 saturated carbocycles. The highest BCUT2D eigenvalue weighted by atomic mass is 16.5. The minimum Gasteiger partial charge on any atom is -0.490 e. The largest absolute Gasteiger partial charge is 0.490 e. The summed E-state index contributed by atoms with van der Waals surface area (Å²) in [6.07, 6.45) is 3.66. The van der Waals surface area contributed by atoms with Crippen LogP contribution in [0.5, 0.6) is 11.5 Å². The molecule has 0 radical (unpaired) electrons. The lowest BCUT2D eigenvalue weighted by molar-refractivity contribution is -0.123. The molecular weight excluding hydrogens is 324 g/mol. The van der Waals surface area contributed by atoms with Crippen molar-refractivity contribution in [1.29, 1.82) is 0 Å². The van der Waals surface area contributed by atoms with E-state index < -0.39 is 17.8 Å². The van der Waals surface area contributed by atoms with Crippen LogP contribution in [0.15, 0.2) is 30.4 Å². The van der Waals surface area contributed by atoms with Crippen LogP contribution in [0.1, 0.15) is 25.0 Å². The molecule has 1 fully saturated rings. The summed E-state index contributed by atoms with van der Waals surface area (Å²) in [7, 11) is 0. The lowest BCUT2D eigenvalue weighted by atomic mass is 10.0. The predicted octanol–water partition coefficient (Wildman–Crippen LogP) is 1.96. The Labute approximate surface area is 145 Å². The number of rotatable bonds is 7. The van der Waals surface area contributed by atoms with E-state index in [1.165, 1.54) is 6.08 Å². The van der Waals surface area contributed by atoms with Crippen molar-refractivity contribution in [1.82, 2.24) is 10.6 Å². The Bertz CT molecular complexity index is 730. The van der Waals surface area contributed by atoms with E-state index in [2.05, 4.69) is 6.58 Å². The summed E-state index contributed by atoms with van der Waals surface area (Å²) in [6, 6.07) is 2.64. The van der Waals surface area contributed by atoms with Gasteiger partial charge in [0.05, 0.1) is 13.2 Å². The minimum atomic E-state index is -0.832. The summed E-state index contributed by atoms with van der Waals surface area (Å²) in [4.78, 5) is 34.9. The first kappa shape index (κ1) is 18.3. The molecule has 7 nitrogen and oxygen atoms in total. The molecule has 132 valence electrons. The second-order valence-corrected chi connectivity index (χ2v) is 5.16. The zero-order chi connectivity index (χ0) is 18.4. The van der Waals surface area contributed by atoms with Gasteiger partial charge < -0.3 is 9.47 Å². The molecule has 0 aliphatic carbocycles. The Kier molecular flexibility index (Phi) is 5.94. The standard InChI is InChI=1S/C18H20N2O5/c1-4-7-12-8-11(10-14(24-5-2)15(12)25-6-3)9-13-16(21)19-18(23)20-17(13)22/h4,8-10H,1,5-7H2,2-3H3,(H2,19,20,21,22,23). The Morgan fingerprint density at radius 3 is 2.24 bits per heavy atom. The fourth-order valence-corrected chi connectivity index (χ4v) is 2.42. The second kappa shape index (κ2) is 8.14. The number of urea groups is 1. The predicted molar refractivity (Wildman–Crippen MR) is 92.3 cm³/mol. The molecule has 1 aliphatic rings. The van der Waals surface area contributed by atoms with Crippen LogP contribution >= 0.6 is 0 Å². The number of allylic oxidation sites excluding steroid dienone is 1. The molecule has 0 bridgehead atoms. The molecule has 2 N–H and O–H groups in total. The second-order valence-electron chi connectivity index (χ2n) is 5.16. The van der Waals surface area contributed by atoms with Gasteiger partial charge in [0.25, 0.3) is 11.8 Å². The number of carbonyl (C=O) groups excluding carboxylic acids is 3. The molecule has 2 rings (SSSR count).